The number of likely N-dealkylation sites (tertiary alicyclic amines) is 1. The second-order valence-electron chi connectivity index (χ2n) is 7.25. The predicted octanol–water partition coefficient (Wildman–Crippen LogP) is 0.852. The minimum absolute atomic E-state index is 0.0626. The second-order valence-corrected chi connectivity index (χ2v) is 7.25. The Bertz CT molecular complexity index is 756. The van der Waals surface area contributed by atoms with Gasteiger partial charge in [0.15, 0.2) is 11.5 Å². The van der Waals surface area contributed by atoms with Gasteiger partial charge in [-0.15, -0.1) is 10.2 Å². The van der Waals surface area contributed by atoms with Crippen molar-refractivity contribution in [2.75, 3.05) is 32.1 Å². The first-order valence-corrected chi connectivity index (χ1v) is 9.14. The first-order chi connectivity index (χ1) is 12.6. The Balaban J connectivity index is 1.28. The fourth-order valence-electron chi connectivity index (χ4n) is 3.78. The maximum atomic E-state index is 6.34. The van der Waals surface area contributed by atoms with E-state index in [1.165, 1.54) is 5.56 Å². The summed E-state index contributed by atoms with van der Waals surface area (Å²) in [6.45, 7) is 5.51. The van der Waals surface area contributed by atoms with E-state index < -0.39 is 0 Å². The van der Waals surface area contributed by atoms with Crippen molar-refractivity contribution in [3.8, 4) is 11.5 Å². The molecular formula is C18H26N6O2. The van der Waals surface area contributed by atoms with E-state index in [0.29, 0.717) is 12.5 Å². The van der Waals surface area contributed by atoms with Gasteiger partial charge in [0.05, 0.1) is 12.2 Å². The van der Waals surface area contributed by atoms with E-state index in [1.807, 2.05) is 12.1 Å². The second kappa shape index (κ2) is 7.13. The van der Waals surface area contributed by atoms with E-state index in [2.05, 4.69) is 28.1 Å². The molecule has 0 bridgehead atoms. The first kappa shape index (κ1) is 17.1. The fraction of sp³-hybridized carbons (Fsp3) is 0.556. The van der Waals surface area contributed by atoms with Crippen LogP contribution in [0.25, 0.3) is 0 Å². The van der Waals surface area contributed by atoms with Crippen LogP contribution in [0.4, 0.5) is 0 Å². The monoisotopic (exact) mass is 358 g/mol. The standard InChI is InChI=1S/C18H26N6O2/c1-12-2-3-16-17(8-12)25-11-14(26-16)10-23-6-4-13(5-7-23)18(19)15-9-21-24(20)22-15/h2-3,8-9,13-14,18H,4-7,10-11,19-20H2,1H3. The van der Waals surface area contributed by atoms with E-state index in [4.69, 9.17) is 21.1 Å². The molecule has 2 atom stereocenters. The van der Waals surface area contributed by atoms with Gasteiger partial charge in [-0.2, -0.15) is 0 Å². The first-order valence-electron chi connectivity index (χ1n) is 9.14. The van der Waals surface area contributed by atoms with Crippen LogP contribution in [0.1, 0.15) is 30.1 Å². The maximum Gasteiger partial charge on any atom is 0.161 e. The largest absolute Gasteiger partial charge is 0.486 e. The zero-order valence-electron chi connectivity index (χ0n) is 15.0. The molecule has 4 rings (SSSR count). The summed E-state index contributed by atoms with van der Waals surface area (Å²) in [5.74, 6) is 7.61. The number of nitrogen functional groups attached to an aromatic ring is 1. The lowest BCUT2D eigenvalue weighted by Gasteiger charge is -2.37. The Labute approximate surface area is 153 Å². The van der Waals surface area contributed by atoms with Gasteiger partial charge in [0.25, 0.3) is 0 Å². The van der Waals surface area contributed by atoms with E-state index in [1.54, 1.807) is 6.20 Å². The highest BCUT2D eigenvalue weighted by Crippen LogP contribution is 2.33. The third kappa shape index (κ3) is 3.61. The molecule has 0 amide bonds. The maximum absolute atomic E-state index is 6.34. The molecule has 2 aliphatic rings. The van der Waals surface area contributed by atoms with Crippen molar-refractivity contribution in [3.05, 3.63) is 35.7 Å². The van der Waals surface area contributed by atoms with Crippen molar-refractivity contribution in [1.82, 2.24) is 20.0 Å². The van der Waals surface area contributed by atoms with Crippen LogP contribution in [0.15, 0.2) is 24.4 Å². The quantitative estimate of drug-likeness (QED) is 0.781. The summed E-state index contributed by atoms with van der Waals surface area (Å²) in [7, 11) is 0. The Morgan fingerprint density at radius 3 is 2.81 bits per heavy atom. The molecule has 1 aromatic heterocycles. The minimum Gasteiger partial charge on any atom is -0.486 e. The average molecular weight is 358 g/mol. The number of hydrogen-bond acceptors (Lipinski definition) is 7. The molecule has 4 N–H and O–H groups in total. The van der Waals surface area contributed by atoms with Crippen molar-refractivity contribution < 1.29 is 9.47 Å². The summed E-state index contributed by atoms with van der Waals surface area (Å²) in [6.07, 6.45) is 3.78. The van der Waals surface area contributed by atoms with E-state index in [9.17, 15) is 0 Å². The summed E-state index contributed by atoms with van der Waals surface area (Å²) in [4.78, 5) is 3.50. The lowest BCUT2D eigenvalue weighted by atomic mass is 9.88. The van der Waals surface area contributed by atoms with Gasteiger partial charge in [-0.05, 0) is 56.5 Å². The number of aromatic nitrogens is 3. The molecule has 26 heavy (non-hydrogen) atoms. The minimum atomic E-state index is -0.112. The highest BCUT2D eigenvalue weighted by atomic mass is 16.6. The molecule has 140 valence electrons. The molecular weight excluding hydrogens is 332 g/mol. The zero-order chi connectivity index (χ0) is 18.1. The number of aryl methyl sites for hydroxylation is 1. The summed E-state index contributed by atoms with van der Waals surface area (Å²) in [6, 6.07) is 5.95. The Morgan fingerprint density at radius 1 is 1.27 bits per heavy atom. The average Bonchev–Trinajstić information content (AvgIpc) is 3.08. The highest BCUT2D eigenvalue weighted by molar-refractivity contribution is 5.43. The molecule has 2 unspecified atom stereocenters. The van der Waals surface area contributed by atoms with Crippen molar-refractivity contribution in [3.63, 3.8) is 0 Å². The Morgan fingerprint density at radius 2 is 2.08 bits per heavy atom. The van der Waals surface area contributed by atoms with Crippen molar-refractivity contribution in [2.24, 2.45) is 11.7 Å². The smallest absolute Gasteiger partial charge is 0.161 e. The van der Waals surface area contributed by atoms with Gasteiger partial charge in [-0.3, -0.25) is 4.90 Å². The van der Waals surface area contributed by atoms with Crippen LogP contribution >= 0.6 is 0 Å². The van der Waals surface area contributed by atoms with Crippen LogP contribution in [-0.2, 0) is 0 Å². The van der Waals surface area contributed by atoms with Crippen molar-refractivity contribution in [2.45, 2.75) is 31.9 Å². The number of nitrogens with two attached hydrogens (primary N) is 2. The topological polar surface area (TPSA) is 104 Å². The fourth-order valence-corrected chi connectivity index (χ4v) is 3.78. The Hall–Kier alpha value is -2.32. The van der Waals surface area contributed by atoms with Crippen molar-refractivity contribution >= 4 is 0 Å². The van der Waals surface area contributed by atoms with Gasteiger partial charge < -0.3 is 21.1 Å². The molecule has 1 aromatic carbocycles. The van der Waals surface area contributed by atoms with E-state index in [0.717, 1.165) is 54.6 Å². The molecule has 0 spiro atoms. The number of rotatable bonds is 4. The highest BCUT2D eigenvalue weighted by Gasteiger charge is 2.29. The normalized spacial score (nSPS) is 22.3. The van der Waals surface area contributed by atoms with Crippen LogP contribution in [0.3, 0.4) is 0 Å². The number of ether oxygens (including phenoxy) is 2. The molecule has 0 aliphatic carbocycles. The number of nitrogens with zero attached hydrogens (tertiary/aromatic N) is 4. The van der Waals surface area contributed by atoms with Crippen LogP contribution in [0, 0.1) is 12.8 Å². The summed E-state index contributed by atoms with van der Waals surface area (Å²) in [5, 5.41) is 8.05. The molecule has 0 radical (unpaired) electrons. The van der Waals surface area contributed by atoms with E-state index >= 15 is 0 Å². The molecule has 1 saturated heterocycles. The molecule has 2 aliphatic heterocycles. The third-order valence-corrected chi connectivity index (χ3v) is 5.29. The number of benzene rings is 1. The van der Waals surface area contributed by atoms with Crippen LogP contribution in [0.2, 0.25) is 0 Å². The molecule has 2 aromatic rings. The lowest BCUT2D eigenvalue weighted by molar-refractivity contribution is 0.0458. The summed E-state index contributed by atoms with van der Waals surface area (Å²) in [5.41, 5.74) is 8.29. The van der Waals surface area contributed by atoms with Gasteiger partial charge in [0.1, 0.15) is 18.4 Å². The summed E-state index contributed by atoms with van der Waals surface area (Å²) >= 11 is 0. The lowest BCUT2D eigenvalue weighted by Crippen LogP contribution is -2.45. The van der Waals surface area contributed by atoms with Gasteiger partial charge in [0, 0.05) is 6.54 Å². The van der Waals surface area contributed by atoms with Gasteiger partial charge in [0.2, 0.25) is 0 Å². The van der Waals surface area contributed by atoms with Crippen LogP contribution in [0.5, 0.6) is 11.5 Å². The van der Waals surface area contributed by atoms with Gasteiger partial charge in [-0.25, -0.2) is 0 Å². The predicted molar refractivity (Wildman–Crippen MR) is 97.4 cm³/mol. The molecule has 1 fully saturated rings. The molecule has 8 heteroatoms. The SMILES string of the molecule is Cc1ccc2c(c1)OCC(CN1CCC(C(N)c3cnn(N)n3)CC1)O2. The molecule has 3 heterocycles. The summed E-state index contributed by atoms with van der Waals surface area (Å²) < 4.78 is 12.0. The van der Waals surface area contributed by atoms with Gasteiger partial charge >= 0.3 is 0 Å². The molecule has 8 nitrogen and oxygen atoms in total. The van der Waals surface area contributed by atoms with Gasteiger partial charge in [-0.1, -0.05) is 11.0 Å². The number of hydrogen-bond donors (Lipinski definition) is 2. The van der Waals surface area contributed by atoms with Crippen LogP contribution in [-0.4, -0.2) is 52.3 Å². The Kier molecular flexibility index (Phi) is 4.69. The number of piperidine rings is 1. The van der Waals surface area contributed by atoms with Crippen LogP contribution < -0.4 is 21.1 Å². The number of fused-ring (bicyclic) bond motifs is 1. The zero-order valence-corrected chi connectivity index (χ0v) is 15.0. The van der Waals surface area contributed by atoms with E-state index in [-0.39, 0.29) is 12.1 Å². The molecule has 0 saturated carbocycles. The third-order valence-electron chi connectivity index (χ3n) is 5.29. The van der Waals surface area contributed by atoms with Crippen molar-refractivity contribution in [1.29, 1.82) is 0 Å².